The van der Waals surface area contributed by atoms with Gasteiger partial charge in [0.25, 0.3) is 0 Å². The lowest BCUT2D eigenvalue weighted by Crippen LogP contribution is -2.29. The van der Waals surface area contributed by atoms with E-state index in [1.165, 1.54) is 0 Å². The van der Waals surface area contributed by atoms with Crippen molar-refractivity contribution in [3.8, 4) is 0 Å². The maximum absolute atomic E-state index is 11.4. The number of pyridine rings is 1. The summed E-state index contributed by atoms with van der Waals surface area (Å²) in [6, 6.07) is 5.86. The second-order valence-electron chi connectivity index (χ2n) is 4.86. The molecule has 1 saturated carbocycles. The summed E-state index contributed by atoms with van der Waals surface area (Å²) in [4.78, 5) is 15.8. The normalized spacial score (nSPS) is 14.6. The first-order valence-corrected chi connectivity index (χ1v) is 6.58. The van der Waals surface area contributed by atoms with Crippen molar-refractivity contribution < 1.29 is 4.79 Å². The van der Waals surface area contributed by atoms with Gasteiger partial charge in [-0.1, -0.05) is 6.07 Å². The summed E-state index contributed by atoms with van der Waals surface area (Å²) < 4.78 is 1.80. The number of nitrogens with zero attached hydrogens (tertiary/aromatic N) is 3. The highest BCUT2D eigenvalue weighted by Gasteiger charge is 2.28. The van der Waals surface area contributed by atoms with Gasteiger partial charge in [-0.25, -0.2) is 4.52 Å². The van der Waals surface area contributed by atoms with Gasteiger partial charge in [0.2, 0.25) is 11.9 Å². The minimum Gasteiger partial charge on any atom is -0.354 e. The molecule has 2 heterocycles. The van der Waals surface area contributed by atoms with Crippen molar-refractivity contribution in [2.75, 3.05) is 18.4 Å². The predicted octanol–water partition coefficient (Wildman–Crippen LogP) is 0.976. The maximum Gasteiger partial charge on any atom is 0.243 e. The van der Waals surface area contributed by atoms with Gasteiger partial charge >= 0.3 is 0 Å². The van der Waals surface area contributed by atoms with Crippen molar-refractivity contribution in [1.29, 1.82) is 0 Å². The molecule has 2 aromatic rings. The number of carbonyl (C=O) groups is 1. The highest BCUT2D eigenvalue weighted by Crippen LogP contribution is 2.28. The fraction of sp³-hybridized carbons (Fsp3) is 0.462. The smallest absolute Gasteiger partial charge is 0.243 e. The number of hydrogen-bond acceptors (Lipinski definition) is 4. The van der Waals surface area contributed by atoms with Crippen LogP contribution in [0.1, 0.15) is 18.5 Å². The fourth-order valence-electron chi connectivity index (χ4n) is 1.96. The molecule has 100 valence electrons. The molecule has 6 heteroatoms. The van der Waals surface area contributed by atoms with E-state index in [0.29, 0.717) is 19.0 Å². The average Bonchev–Trinajstić information content (AvgIpc) is 3.16. The maximum atomic E-state index is 11.4. The van der Waals surface area contributed by atoms with E-state index in [9.17, 15) is 4.79 Å². The summed E-state index contributed by atoms with van der Waals surface area (Å²) in [5.74, 6) is 1.02. The number of aromatic nitrogens is 3. The topological polar surface area (TPSA) is 71.3 Å². The van der Waals surface area contributed by atoms with Crippen LogP contribution in [0, 0.1) is 12.8 Å². The lowest BCUT2D eigenvalue weighted by molar-refractivity contribution is -0.122. The Bertz CT molecular complexity index is 602. The molecule has 1 aliphatic rings. The molecule has 0 radical (unpaired) electrons. The zero-order chi connectivity index (χ0) is 13.2. The van der Waals surface area contributed by atoms with E-state index in [4.69, 9.17) is 0 Å². The van der Waals surface area contributed by atoms with Crippen LogP contribution in [0.15, 0.2) is 18.2 Å². The number of hydrogen-bond donors (Lipinski definition) is 2. The molecule has 0 aliphatic heterocycles. The van der Waals surface area contributed by atoms with E-state index >= 15 is 0 Å². The summed E-state index contributed by atoms with van der Waals surface area (Å²) >= 11 is 0. The van der Waals surface area contributed by atoms with Gasteiger partial charge in [-0.3, -0.25) is 4.79 Å². The molecule has 0 unspecified atom stereocenters. The number of carbonyl (C=O) groups excluding carboxylic acids is 1. The first-order valence-electron chi connectivity index (χ1n) is 6.58. The second-order valence-corrected chi connectivity index (χ2v) is 4.86. The Kier molecular flexibility index (Phi) is 3.06. The minimum absolute atomic E-state index is 0.167. The van der Waals surface area contributed by atoms with Crippen molar-refractivity contribution in [2.24, 2.45) is 5.92 Å². The summed E-state index contributed by atoms with van der Waals surface area (Å²) in [6.45, 7) is 3.22. The van der Waals surface area contributed by atoms with E-state index in [-0.39, 0.29) is 11.8 Å². The zero-order valence-electron chi connectivity index (χ0n) is 10.9. The zero-order valence-corrected chi connectivity index (χ0v) is 10.9. The summed E-state index contributed by atoms with van der Waals surface area (Å²) in [5.41, 5.74) is 1.87. The average molecular weight is 259 g/mol. The molecule has 2 aromatic heterocycles. The van der Waals surface area contributed by atoms with Crippen molar-refractivity contribution in [1.82, 2.24) is 19.9 Å². The number of nitrogens with one attached hydrogen (secondary N) is 2. The summed E-state index contributed by atoms with van der Waals surface area (Å²) in [5, 5.41) is 10.4. The van der Waals surface area contributed by atoms with Gasteiger partial charge < -0.3 is 10.6 Å². The van der Waals surface area contributed by atoms with Crippen molar-refractivity contribution in [3.05, 3.63) is 23.9 Å². The standard InChI is InChI=1S/C13H17N5O/c1-9-3-2-4-11-16-13(17-18(9)11)15-8-7-14-12(19)10-5-6-10/h2-4,10H,5-8H2,1H3,(H,14,19)(H,15,17). The van der Waals surface area contributed by atoms with Gasteiger partial charge in [0.1, 0.15) is 0 Å². The number of rotatable bonds is 5. The van der Waals surface area contributed by atoms with Gasteiger partial charge in [0, 0.05) is 24.7 Å². The Morgan fingerprint density at radius 3 is 3.00 bits per heavy atom. The van der Waals surface area contributed by atoms with Crippen LogP contribution in [0.4, 0.5) is 5.95 Å². The quantitative estimate of drug-likeness (QED) is 0.785. The Labute approximate surface area is 111 Å². The predicted molar refractivity (Wildman–Crippen MR) is 71.9 cm³/mol. The van der Waals surface area contributed by atoms with Crippen LogP contribution in [0.3, 0.4) is 0 Å². The first kappa shape index (κ1) is 12.0. The molecule has 1 amide bonds. The third-order valence-electron chi connectivity index (χ3n) is 3.20. The van der Waals surface area contributed by atoms with E-state index in [2.05, 4.69) is 20.7 Å². The molecule has 0 bridgehead atoms. The fourth-order valence-corrected chi connectivity index (χ4v) is 1.96. The largest absolute Gasteiger partial charge is 0.354 e. The van der Waals surface area contributed by atoms with Crippen molar-refractivity contribution in [2.45, 2.75) is 19.8 Å². The molecule has 0 spiro atoms. The molecule has 1 aliphatic carbocycles. The number of anilines is 1. The van der Waals surface area contributed by atoms with Gasteiger partial charge in [0.15, 0.2) is 5.65 Å². The molecule has 19 heavy (non-hydrogen) atoms. The lowest BCUT2D eigenvalue weighted by atomic mass is 10.4. The van der Waals surface area contributed by atoms with Crippen molar-refractivity contribution >= 4 is 17.5 Å². The molecule has 3 rings (SSSR count). The number of amides is 1. The Morgan fingerprint density at radius 1 is 1.42 bits per heavy atom. The lowest BCUT2D eigenvalue weighted by Gasteiger charge is -2.03. The Morgan fingerprint density at radius 2 is 2.26 bits per heavy atom. The molecule has 0 aromatic carbocycles. The summed E-state index contributed by atoms with van der Waals surface area (Å²) in [7, 11) is 0. The van der Waals surface area contributed by atoms with Crippen LogP contribution >= 0.6 is 0 Å². The van der Waals surface area contributed by atoms with Crippen LogP contribution in [-0.4, -0.2) is 33.6 Å². The summed E-state index contributed by atoms with van der Waals surface area (Å²) in [6.07, 6.45) is 2.07. The Hall–Kier alpha value is -2.11. The SMILES string of the molecule is Cc1cccc2nc(NCCNC(=O)C3CC3)nn12. The van der Waals surface area contributed by atoms with Crippen LogP contribution in [0.25, 0.3) is 5.65 Å². The molecular formula is C13H17N5O. The third kappa shape index (κ3) is 2.67. The Balaban J connectivity index is 1.53. The van der Waals surface area contributed by atoms with E-state index in [1.807, 2.05) is 25.1 Å². The highest BCUT2D eigenvalue weighted by molar-refractivity contribution is 5.80. The number of fused-ring (bicyclic) bond motifs is 1. The molecule has 2 N–H and O–H groups in total. The molecule has 0 atom stereocenters. The van der Waals surface area contributed by atoms with Gasteiger partial charge in [-0.05, 0) is 31.9 Å². The molecule has 6 nitrogen and oxygen atoms in total. The van der Waals surface area contributed by atoms with Gasteiger partial charge in [-0.2, -0.15) is 4.98 Å². The van der Waals surface area contributed by atoms with E-state index < -0.39 is 0 Å². The van der Waals surface area contributed by atoms with E-state index in [0.717, 1.165) is 24.2 Å². The molecular weight excluding hydrogens is 242 g/mol. The molecule has 1 fully saturated rings. The van der Waals surface area contributed by atoms with Crippen LogP contribution in [0.5, 0.6) is 0 Å². The number of aryl methyl sites for hydroxylation is 1. The second kappa shape index (κ2) is 4.87. The van der Waals surface area contributed by atoms with Crippen LogP contribution in [0.2, 0.25) is 0 Å². The minimum atomic E-state index is 0.167. The van der Waals surface area contributed by atoms with Gasteiger partial charge in [0.05, 0.1) is 0 Å². The van der Waals surface area contributed by atoms with Crippen molar-refractivity contribution in [3.63, 3.8) is 0 Å². The highest BCUT2D eigenvalue weighted by atomic mass is 16.2. The van der Waals surface area contributed by atoms with Crippen LogP contribution in [-0.2, 0) is 4.79 Å². The monoisotopic (exact) mass is 259 g/mol. The van der Waals surface area contributed by atoms with E-state index in [1.54, 1.807) is 4.52 Å². The van der Waals surface area contributed by atoms with Gasteiger partial charge in [-0.15, -0.1) is 5.10 Å². The first-order chi connectivity index (χ1) is 9.24. The van der Waals surface area contributed by atoms with Crippen LogP contribution < -0.4 is 10.6 Å². The third-order valence-corrected chi connectivity index (χ3v) is 3.20. The molecule has 0 saturated heterocycles.